The number of hydrogen-bond donors (Lipinski definition) is 0. The molecule has 5 aromatic carbocycles. The lowest BCUT2D eigenvalue weighted by atomic mass is 9.58. The number of hydrogen-bond acceptors (Lipinski definition) is 4. The van der Waals surface area contributed by atoms with Gasteiger partial charge in [-0.25, -0.2) is 15.0 Å². The van der Waals surface area contributed by atoms with Crippen LogP contribution in [0.25, 0.3) is 56.1 Å². The maximum absolute atomic E-state index is 9.48. The summed E-state index contributed by atoms with van der Waals surface area (Å²) in [5.41, 5.74) is 7.39. The minimum atomic E-state index is 0.216. The molecular weight excluding hydrogens is 573 g/mol. The van der Waals surface area contributed by atoms with Gasteiger partial charge in [0.05, 0.1) is 11.6 Å². The normalized spacial score (nSPS) is 22.1. The summed E-state index contributed by atoms with van der Waals surface area (Å²) in [4.78, 5) is 15.2. The van der Waals surface area contributed by atoms with Crippen LogP contribution < -0.4 is 0 Å². The van der Waals surface area contributed by atoms with Crippen LogP contribution in [0.2, 0.25) is 0 Å². The maximum Gasteiger partial charge on any atom is 0.164 e. The summed E-state index contributed by atoms with van der Waals surface area (Å²) in [6.07, 6.45) is 6.79. The third-order valence-corrected chi connectivity index (χ3v) is 10.6. The van der Waals surface area contributed by atoms with Crippen LogP contribution in [0.5, 0.6) is 0 Å². The Morgan fingerprint density at radius 3 is 2.06 bits per heavy atom. The number of aromatic nitrogens is 3. The number of benzene rings is 5. The summed E-state index contributed by atoms with van der Waals surface area (Å²) in [6, 6.07) is 42.0. The maximum atomic E-state index is 9.48. The highest BCUT2D eigenvalue weighted by Gasteiger charge is 2.41. The quantitative estimate of drug-likeness (QED) is 0.195. The Hall–Kier alpha value is -5.14. The standard InChI is InChI=1S/C43H38N4/c1-28-21-30-22-31(23-30)26-43(2,25-28)35-18-16-32(17-19-35)36-12-6-7-13-38(36)41-45-40(33-9-4-3-5-10-33)46-42(47-41)39-14-8-11-34-24-29(27-44)15-20-37(34)39/h3-20,24,28,30-31H,21-23,25-26H2,1-2H3/t28-,30?,31?,43?/m0/s1. The van der Waals surface area contributed by atoms with Crippen LogP contribution in [-0.2, 0) is 5.41 Å². The highest BCUT2D eigenvalue weighted by molar-refractivity contribution is 5.96. The molecule has 3 aliphatic carbocycles. The Balaban J connectivity index is 1.22. The van der Waals surface area contributed by atoms with Crippen molar-refractivity contribution < 1.29 is 0 Å². The smallest absolute Gasteiger partial charge is 0.164 e. The molecule has 47 heavy (non-hydrogen) atoms. The fraction of sp³-hybridized carbons (Fsp3) is 0.256. The molecule has 0 amide bonds. The van der Waals surface area contributed by atoms with Crippen molar-refractivity contribution in [2.24, 2.45) is 17.8 Å². The number of rotatable bonds is 5. The van der Waals surface area contributed by atoms with Crippen molar-refractivity contribution in [1.82, 2.24) is 15.0 Å². The van der Waals surface area contributed by atoms with Gasteiger partial charge in [0.1, 0.15) is 0 Å². The lowest BCUT2D eigenvalue weighted by Crippen LogP contribution is -2.38. The third kappa shape index (κ3) is 5.61. The molecule has 0 saturated heterocycles. The summed E-state index contributed by atoms with van der Waals surface area (Å²) in [7, 11) is 0. The first-order chi connectivity index (χ1) is 23.0. The van der Waals surface area contributed by atoms with Crippen molar-refractivity contribution in [3.05, 3.63) is 126 Å². The summed E-state index contributed by atoms with van der Waals surface area (Å²) in [5, 5.41) is 11.5. The number of nitriles is 1. The zero-order valence-corrected chi connectivity index (χ0v) is 27.0. The first-order valence-electron chi connectivity index (χ1n) is 16.9. The van der Waals surface area contributed by atoms with Crippen LogP contribution in [0.3, 0.4) is 0 Å². The molecule has 2 atom stereocenters. The van der Waals surface area contributed by atoms with Crippen molar-refractivity contribution in [1.29, 1.82) is 5.26 Å². The van der Waals surface area contributed by atoms with E-state index in [0.717, 1.165) is 56.3 Å². The van der Waals surface area contributed by atoms with Crippen LogP contribution in [0.4, 0.5) is 0 Å². The monoisotopic (exact) mass is 610 g/mol. The van der Waals surface area contributed by atoms with Gasteiger partial charge in [-0.1, -0.05) is 117 Å². The van der Waals surface area contributed by atoms with E-state index in [-0.39, 0.29) is 5.41 Å². The molecule has 4 nitrogen and oxygen atoms in total. The van der Waals surface area contributed by atoms with Gasteiger partial charge in [-0.3, -0.25) is 0 Å². The summed E-state index contributed by atoms with van der Waals surface area (Å²) < 4.78 is 0. The van der Waals surface area contributed by atoms with Crippen LogP contribution in [0.1, 0.15) is 57.1 Å². The topological polar surface area (TPSA) is 62.5 Å². The molecular formula is C43H38N4. The first kappa shape index (κ1) is 29.3. The van der Waals surface area contributed by atoms with E-state index in [4.69, 9.17) is 15.0 Å². The Kier molecular flexibility index (Phi) is 7.41. The van der Waals surface area contributed by atoms with Crippen LogP contribution >= 0.6 is 0 Å². The highest BCUT2D eigenvalue weighted by atomic mass is 15.0. The fourth-order valence-electron chi connectivity index (χ4n) is 8.47. The van der Waals surface area contributed by atoms with E-state index in [2.05, 4.69) is 68.4 Å². The molecule has 0 N–H and O–H groups in total. The van der Waals surface area contributed by atoms with E-state index in [0.29, 0.717) is 23.0 Å². The number of nitrogens with zero attached hydrogens (tertiary/aromatic N) is 4. The predicted octanol–water partition coefficient (Wildman–Crippen LogP) is 10.7. The van der Waals surface area contributed by atoms with Gasteiger partial charge in [0.15, 0.2) is 17.5 Å². The Bertz CT molecular complexity index is 2120. The van der Waals surface area contributed by atoms with Gasteiger partial charge in [-0.15, -0.1) is 0 Å². The molecule has 0 spiro atoms. The second-order valence-corrected chi connectivity index (χ2v) is 14.2. The van der Waals surface area contributed by atoms with Gasteiger partial charge >= 0.3 is 0 Å². The average molecular weight is 611 g/mol. The van der Waals surface area contributed by atoms with Crippen molar-refractivity contribution in [2.75, 3.05) is 0 Å². The Morgan fingerprint density at radius 1 is 0.617 bits per heavy atom. The molecule has 0 aliphatic heterocycles. The minimum Gasteiger partial charge on any atom is -0.208 e. The van der Waals surface area contributed by atoms with E-state index in [1.54, 1.807) is 0 Å². The van der Waals surface area contributed by atoms with Gasteiger partial charge in [-0.2, -0.15) is 5.26 Å². The van der Waals surface area contributed by atoms with Gasteiger partial charge in [-0.05, 0) is 94.9 Å². The van der Waals surface area contributed by atoms with Crippen LogP contribution in [0.15, 0.2) is 115 Å². The molecule has 9 rings (SSSR count). The van der Waals surface area contributed by atoms with Crippen molar-refractivity contribution in [3.8, 4) is 51.4 Å². The van der Waals surface area contributed by atoms with Gasteiger partial charge in [0, 0.05) is 16.7 Å². The summed E-state index contributed by atoms with van der Waals surface area (Å²) in [6.45, 7) is 4.95. The summed E-state index contributed by atoms with van der Waals surface area (Å²) in [5.74, 6) is 4.49. The van der Waals surface area contributed by atoms with E-state index in [9.17, 15) is 5.26 Å². The lowest BCUT2D eigenvalue weighted by molar-refractivity contribution is 0.0834. The minimum absolute atomic E-state index is 0.216. The Morgan fingerprint density at radius 2 is 1.30 bits per heavy atom. The Labute approximate surface area is 277 Å². The molecule has 1 unspecified atom stereocenters. The predicted molar refractivity (Wildman–Crippen MR) is 190 cm³/mol. The highest BCUT2D eigenvalue weighted by Crippen LogP contribution is 2.51. The van der Waals surface area contributed by atoms with E-state index >= 15 is 0 Å². The van der Waals surface area contributed by atoms with Crippen molar-refractivity contribution in [3.63, 3.8) is 0 Å². The van der Waals surface area contributed by atoms with Gasteiger partial charge < -0.3 is 0 Å². The van der Waals surface area contributed by atoms with E-state index < -0.39 is 0 Å². The van der Waals surface area contributed by atoms with Crippen LogP contribution in [0, 0.1) is 29.1 Å². The van der Waals surface area contributed by atoms with Crippen molar-refractivity contribution >= 4 is 10.8 Å². The molecule has 230 valence electrons. The average Bonchev–Trinajstić information content (AvgIpc) is 3.09. The van der Waals surface area contributed by atoms with Crippen LogP contribution in [-0.4, -0.2) is 15.0 Å². The van der Waals surface area contributed by atoms with E-state index in [1.807, 2.05) is 66.7 Å². The molecule has 3 saturated carbocycles. The molecule has 3 aliphatic rings. The largest absolute Gasteiger partial charge is 0.208 e. The lowest BCUT2D eigenvalue weighted by Gasteiger charge is -2.47. The molecule has 2 bridgehead atoms. The van der Waals surface area contributed by atoms with Gasteiger partial charge in [0.2, 0.25) is 0 Å². The molecule has 3 fully saturated rings. The second kappa shape index (κ2) is 11.9. The second-order valence-electron chi connectivity index (χ2n) is 14.2. The van der Waals surface area contributed by atoms with E-state index in [1.165, 1.54) is 37.7 Å². The molecule has 0 radical (unpaired) electrons. The number of fused-ring (bicyclic) bond motifs is 5. The van der Waals surface area contributed by atoms with Crippen molar-refractivity contribution in [2.45, 2.75) is 51.4 Å². The fourth-order valence-corrected chi connectivity index (χ4v) is 8.47. The molecule has 4 heteroatoms. The third-order valence-electron chi connectivity index (χ3n) is 10.6. The zero-order valence-electron chi connectivity index (χ0n) is 27.0. The first-order valence-corrected chi connectivity index (χ1v) is 16.9. The molecule has 1 aromatic heterocycles. The summed E-state index contributed by atoms with van der Waals surface area (Å²) >= 11 is 0. The van der Waals surface area contributed by atoms with Gasteiger partial charge in [0.25, 0.3) is 0 Å². The SMILES string of the molecule is C[C@H]1CC2CC(C2)CC(C)(c2ccc(-c3ccccc3-c3nc(-c4ccccc4)nc(-c4cccc5cc(C#N)ccc45)n3)cc2)C1. The molecule has 1 heterocycles. The zero-order chi connectivity index (χ0) is 32.0. The molecule has 6 aromatic rings.